The summed E-state index contributed by atoms with van der Waals surface area (Å²) < 4.78 is 5.28. The quantitative estimate of drug-likeness (QED) is 0.756. The Kier molecular flexibility index (Phi) is 4.02. The molecule has 2 N–H and O–H groups in total. The van der Waals surface area contributed by atoms with Crippen LogP contribution in [0.3, 0.4) is 0 Å². The maximum absolute atomic E-state index is 12.2. The minimum atomic E-state index is -1.21. The molecule has 120 valence electrons. The van der Waals surface area contributed by atoms with Crippen molar-refractivity contribution >= 4 is 17.6 Å². The Morgan fingerprint density at radius 1 is 1.12 bits per heavy atom. The summed E-state index contributed by atoms with van der Waals surface area (Å²) in [6.45, 7) is 1.90. The number of carboxylic acid groups (broad SMARTS) is 1. The number of nitrogens with one attached hydrogen (secondary N) is 1. The lowest BCUT2D eigenvalue weighted by Crippen LogP contribution is -2.15. The number of hydrogen-bond acceptors (Lipinski definition) is 6. The summed E-state index contributed by atoms with van der Waals surface area (Å²) in [5.41, 5.74) is 2.01. The van der Waals surface area contributed by atoms with E-state index >= 15 is 0 Å². The van der Waals surface area contributed by atoms with Crippen molar-refractivity contribution in [3.63, 3.8) is 0 Å². The van der Waals surface area contributed by atoms with Crippen molar-refractivity contribution in [2.45, 2.75) is 6.92 Å². The Morgan fingerprint density at radius 3 is 2.50 bits per heavy atom. The van der Waals surface area contributed by atoms with Crippen molar-refractivity contribution in [2.75, 3.05) is 5.32 Å². The van der Waals surface area contributed by atoms with Gasteiger partial charge in [-0.3, -0.25) is 4.79 Å². The van der Waals surface area contributed by atoms with Gasteiger partial charge in [0.15, 0.2) is 5.69 Å². The Bertz CT molecular complexity index is 889. The average Bonchev–Trinajstić information content (AvgIpc) is 3.11. The fourth-order valence-electron chi connectivity index (χ4n) is 2.04. The number of aryl methyl sites for hydroxylation is 1. The van der Waals surface area contributed by atoms with Crippen molar-refractivity contribution in [1.29, 1.82) is 0 Å². The third-order valence-electron chi connectivity index (χ3n) is 3.26. The number of nitrogens with zero attached hydrogens (tertiary/aromatic N) is 3. The second-order valence-electron chi connectivity index (χ2n) is 4.91. The minimum absolute atomic E-state index is 0.0123. The van der Waals surface area contributed by atoms with Crippen LogP contribution in [0.1, 0.15) is 26.5 Å². The number of rotatable bonds is 4. The van der Waals surface area contributed by atoms with Crippen LogP contribution in [-0.2, 0) is 0 Å². The lowest BCUT2D eigenvalue weighted by Gasteiger charge is -2.08. The SMILES string of the molecule is Cc1ccc(NC(=O)c2cnc(C(=O)O)cn2)cc1-c1ncco1. The van der Waals surface area contributed by atoms with Gasteiger partial charge in [0.2, 0.25) is 5.89 Å². The predicted molar refractivity (Wildman–Crippen MR) is 83.6 cm³/mol. The van der Waals surface area contributed by atoms with Gasteiger partial charge in [-0.1, -0.05) is 6.07 Å². The fraction of sp³-hybridized carbons (Fsp3) is 0.0625. The first-order valence-corrected chi connectivity index (χ1v) is 6.92. The first kappa shape index (κ1) is 15.3. The van der Waals surface area contributed by atoms with Gasteiger partial charge in [-0.2, -0.15) is 0 Å². The van der Waals surface area contributed by atoms with Gasteiger partial charge in [-0.15, -0.1) is 0 Å². The largest absolute Gasteiger partial charge is 0.476 e. The van der Waals surface area contributed by atoms with Crippen LogP contribution in [-0.4, -0.2) is 31.9 Å². The third kappa shape index (κ3) is 3.12. The summed E-state index contributed by atoms with van der Waals surface area (Å²) in [6.07, 6.45) is 5.16. The van der Waals surface area contributed by atoms with E-state index < -0.39 is 11.9 Å². The number of benzene rings is 1. The molecule has 1 amide bonds. The second-order valence-corrected chi connectivity index (χ2v) is 4.91. The zero-order valence-corrected chi connectivity index (χ0v) is 12.6. The van der Waals surface area contributed by atoms with E-state index in [1.807, 2.05) is 13.0 Å². The number of aromatic nitrogens is 3. The molecule has 0 atom stereocenters. The highest BCUT2D eigenvalue weighted by atomic mass is 16.4. The second kappa shape index (κ2) is 6.29. The van der Waals surface area contributed by atoms with Crippen molar-refractivity contribution in [1.82, 2.24) is 15.0 Å². The predicted octanol–water partition coefficient (Wildman–Crippen LogP) is 2.39. The molecule has 0 spiro atoms. The van der Waals surface area contributed by atoms with E-state index in [-0.39, 0.29) is 11.4 Å². The van der Waals surface area contributed by atoms with E-state index in [2.05, 4.69) is 20.3 Å². The topological polar surface area (TPSA) is 118 Å². The first-order chi connectivity index (χ1) is 11.5. The van der Waals surface area contributed by atoms with Crippen LogP contribution in [0.5, 0.6) is 0 Å². The van der Waals surface area contributed by atoms with Gasteiger partial charge in [0.25, 0.3) is 5.91 Å². The van der Waals surface area contributed by atoms with Crippen molar-refractivity contribution in [3.05, 3.63) is 60.0 Å². The highest BCUT2D eigenvalue weighted by Gasteiger charge is 2.13. The number of aromatic carboxylic acids is 1. The standard InChI is InChI=1S/C16H12N4O4/c1-9-2-3-10(6-11(9)15-17-4-5-24-15)20-14(21)12-7-19-13(8-18-12)16(22)23/h2-8H,1H3,(H,20,21)(H,22,23). The number of oxazole rings is 1. The maximum Gasteiger partial charge on any atom is 0.356 e. The molecule has 0 aliphatic heterocycles. The Hall–Kier alpha value is -3.55. The molecule has 0 aliphatic carbocycles. The fourth-order valence-corrected chi connectivity index (χ4v) is 2.04. The number of carbonyl (C=O) groups excluding carboxylic acids is 1. The summed E-state index contributed by atoms with van der Waals surface area (Å²) in [5, 5.41) is 11.5. The van der Waals surface area contributed by atoms with Crippen molar-refractivity contribution in [3.8, 4) is 11.5 Å². The van der Waals surface area contributed by atoms with E-state index in [1.54, 1.807) is 18.3 Å². The number of amides is 1. The lowest BCUT2D eigenvalue weighted by atomic mass is 10.1. The van der Waals surface area contributed by atoms with Crippen molar-refractivity contribution in [2.24, 2.45) is 0 Å². The summed E-state index contributed by atoms with van der Waals surface area (Å²) in [6, 6.07) is 5.30. The monoisotopic (exact) mass is 324 g/mol. The van der Waals surface area contributed by atoms with Gasteiger partial charge < -0.3 is 14.8 Å². The van der Waals surface area contributed by atoms with Gasteiger partial charge in [0.05, 0.1) is 18.6 Å². The summed E-state index contributed by atoms with van der Waals surface area (Å²) in [7, 11) is 0. The van der Waals surface area contributed by atoms with Crippen LogP contribution in [0, 0.1) is 6.92 Å². The van der Waals surface area contributed by atoms with Crippen LogP contribution in [0.4, 0.5) is 5.69 Å². The van der Waals surface area contributed by atoms with E-state index in [0.29, 0.717) is 11.6 Å². The molecule has 0 bridgehead atoms. The molecule has 3 rings (SSSR count). The van der Waals surface area contributed by atoms with Crippen LogP contribution in [0.2, 0.25) is 0 Å². The normalized spacial score (nSPS) is 10.4. The molecule has 0 radical (unpaired) electrons. The average molecular weight is 324 g/mol. The minimum Gasteiger partial charge on any atom is -0.476 e. The molecule has 3 aromatic rings. The van der Waals surface area contributed by atoms with E-state index in [0.717, 1.165) is 23.5 Å². The molecule has 24 heavy (non-hydrogen) atoms. The van der Waals surface area contributed by atoms with Gasteiger partial charge in [0, 0.05) is 11.3 Å². The van der Waals surface area contributed by atoms with E-state index in [4.69, 9.17) is 9.52 Å². The number of hydrogen-bond donors (Lipinski definition) is 2. The molecule has 8 nitrogen and oxygen atoms in total. The molecule has 0 saturated heterocycles. The first-order valence-electron chi connectivity index (χ1n) is 6.92. The molecule has 2 heterocycles. The molecule has 1 aromatic carbocycles. The Balaban J connectivity index is 1.82. The van der Waals surface area contributed by atoms with Crippen LogP contribution in [0.25, 0.3) is 11.5 Å². The summed E-state index contributed by atoms with van der Waals surface area (Å²) in [5.74, 6) is -1.25. The molecule has 0 aliphatic rings. The van der Waals surface area contributed by atoms with Gasteiger partial charge in [0.1, 0.15) is 12.0 Å². The number of carboxylic acids is 1. The molecule has 2 aromatic heterocycles. The molecule has 8 heteroatoms. The van der Waals surface area contributed by atoms with Crippen molar-refractivity contribution < 1.29 is 19.1 Å². The molecule has 0 unspecified atom stereocenters. The Morgan fingerprint density at radius 2 is 1.88 bits per heavy atom. The third-order valence-corrected chi connectivity index (χ3v) is 3.26. The van der Waals surface area contributed by atoms with Crippen LogP contribution < -0.4 is 5.32 Å². The smallest absolute Gasteiger partial charge is 0.356 e. The van der Waals surface area contributed by atoms with Crippen LogP contribution >= 0.6 is 0 Å². The van der Waals surface area contributed by atoms with E-state index in [1.165, 1.54) is 6.26 Å². The van der Waals surface area contributed by atoms with Gasteiger partial charge in [-0.05, 0) is 24.6 Å². The highest BCUT2D eigenvalue weighted by Crippen LogP contribution is 2.25. The van der Waals surface area contributed by atoms with Gasteiger partial charge >= 0.3 is 5.97 Å². The molecule has 0 fully saturated rings. The maximum atomic E-state index is 12.2. The summed E-state index contributed by atoms with van der Waals surface area (Å²) in [4.78, 5) is 34.5. The number of anilines is 1. The zero-order chi connectivity index (χ0) is 17.1. The molecule has 0 saturated carbocycles. The zero-order valence-electron chi connectivity index (χ0n) is 12.6. The molecular formula is C16H12N4O4. The lowest BCUT2D eigenvalue weighted by molar-refractivity contribution is 0.0689. The van der Waals surface area contributed by atoms with Crippen LogP contribution in [0.15, 0.2) is 47.5 Å². The highest BCUT2D eigenvalue weighted by molar-refractivity contribution is 6.03. The molecular weight excluding hydrogens is 312 g/mol. The summed E-state index contributed by atoms with van der Waals surface area (Å²) >= 11 is 0. The number of carbonyl (C=O) groups is 2. The Labute approximate surface area is 136 Å². The van der Waals surface area contributed by atoms with E-state index in [9.17, 15) is 9.59 Å². The van der Waals surface area contributed by atoms with Gasteiger partial charge in [-0.25, -0.2) is 19.7 Å².